The molecule has 0 fully saturated rings. The van der Waals surface area contributed by atoms with Crippen molar-refractivity contribution in [3.63, 3.8) is 0 Å². The number of carbonyl (C=O) groups is 1. The maximum atomic E-state index is 11.8. The van der Waals surface area contributed by atoms with E-state index in [4.69, 9.17) is 27.9 Å². The molecule has 0 saturated carbocycles. The molecule has 1 heterocycles. The molecule has 0 aliphatic heterocycles. The lowest BCUT2D eigenvalue weighted by Gasteiger charge is -2.08. The van der Waals surface area contributed by atoms with Crippen LogP contribution < -0.4 is 10.2 Å². The molecule has 0 radical (unpaired) electrons. The van der Waals surface area contributed by atoms with Crippen molar-refractivity contribution in [1.29, 1.82) is 0 Å². The van der Waals surface area contributed by atoms with Crippen molar-refractivity contribution in [1.82, 2.24) is 10.4 Å². The third-order valence-electron chi connectivity index (χ3n) is 3.13. The van der Waals surface area contributed by atoms with Crippen LogP contribution in [-0.2, 0) is 4.79 Å². The molecule has 1 N–H and O–H groups in total. The van der Waals surface area contributed by atoms with Crippen LogP contribution >= 0.6 is 23.2 Å². The topological polar surface area (TPSA) is 63.6 Å². The van der Waals surface area contributed by atoms with Crippen LogP contribution in [0.25, 0.3) is 0 Å². The average molecular weight is 366 g/mol. The standard InChI is InChI=1S/C17H17Cl2N3O2/c1-12(13-4-2-8-20-11-13)21-22-17(23)5-3-9-24-16-7-6-14(18)10-15(16)19/h2,4,6-8,10-11H,3,5,9H2,1H3,(H,22,23)/b21-12-. The number of halogens is 2. The summed E-state index contributed by atoms with van der Waals surface area (Å²) in [7, 11) is 0. The number of hydrogen-bond acceptors (Lipinski definition) is 4. The SMILES string of the molecule is C/C(=N/NC(=O)CCCOc1ccc(Cl)cc1Cl)c1cccnc1. The quantitative estimate of drug-likeness (QED) is 0.456. The van der Waals surface area contributed by atoms with Gasteiger partial charge in [0.15, 0.2) is 0 Å². The molecule has 2 aromatic rings. The monoisotopic (exact) mass is 365 g/mol. The summed E-state index contributed by atoms with van der Waals surface area (Å²) in [6.45, 7) is 2.18. The van der Waals surface area contributed by atoms with Gasteiger partial charge in [0, 0.05) is 29.4 Å². The maximum absolute atomic E-state index is 11.8. The van der Waals surface area contributed by atoms with Gasteiger partial charge in [-0.1, -0.05) is 29.3 Å². The molecule has 24 heavy (non-hydrogen) atoms. The van der Waals surface area contributed by atoms with Crippen molar-refractivity contribution in [2.24, 2.45) is 5.10 Å². The Morgan fingerprint density at radius 1 is 1.33 bits per heavy atom. The normalized spacial score (nSPS) is 11.2. The summed E-state index contributed by atoms with van der Waals surface area (Å²) in [5.74, 6) is 0.371. The van der Waals surface area contributed by atoms with Crippen LogP contribution in [0.1, 0.15) is 25.3 Å². The van der Waals surface area contributed by atoms with Crippen LogP contribution in [0.5, 0.6) is 5.75 Å². The first-order valence-electron chi connectivity index (χ1n) is 7.37. The molecule has 0 aliphatic carbocycles. The summed E-state index contributed by atoms with van der Waals surface area (Å²) >= 11 is 11.8. The van der Waals surface area contributed by atoms with Crippen LogP contribution in [0.3, 0.4) is 0 Å². The smallest absolute Gasteiger partial charge is 0.240 e. The molecule has 2 rings (SSSR count). The fraction of sp³-hybridized carbons (Fsp3) is 0.235. The molecule has 0 aliphatic rings. The summed E-state index contributed by atoms with van der Waals surface area (Å²) in [4.78, 5) is 15.8. The van der Waals surface area contributed by atoms with Gasteiger partial charge in [0.25, 0.3) is 0 Å². The lowest BCUT2D eigenvalue weighted by molar-refractivity contribution is -0.121. The lowest BCUT2D eigenvalue weighted by Crippen LogP contribution is -2.19. The van der Waals surface area contributed by atoms with Gasteiger partial charge in [-0.2, -0.15) is 5.10 Å². The number of hydrogen-bond donors (Lipinski definition) is 1. The summed E-state index contributed by atoms with van der Waals surface area (Å²) in [6.07, 6.45) is 4.22. The third-order valence-corrected chi connectivity index (χ3v) is 3.66. The number of nitrogens with zero attached hydrogens (tertiary/aromatic N) is 2. The van der Waals surface area contributed by atoms with Crippen molar-refractivity contribution >= 4 is 34.8 Å². The number of nitrogens with one attached hydrogen (secondary N) is 1. The van der Waals surface area contributed by atoms with E-state index in [1.165, 1.54) is 0 Å². The van der Waals surface area contributed by atoms with Crippen molar-refractivity contribution in [3.8, 4) is 5.75 Å². The zero-order valence-corrected chi connectivity index (χ0v) is 14.6. The highest BCUT2D eigenvalue weighted by Gasteiger charge is 2.04. The fourth-order valence-corrected chi connectivity index (χ4v) is 2.31. The minimum atomic E-state index is -0.177. The Morgan fingerprint density at radius 2 is 2.17 bits per heavy atom. The first-order valence-corrected chi connectivity index (χ1v) is 8.13. The zero-order chi connectivity index (χ0) is 17.4. The highest BCUT2D eigenvalue weighted by molar-refractivity contribution is 6.35. The molecule has 1 aromatic carbocycles. The number of carbonyl (C=O) groups excluding carboxylic acids is 1. The number of amides is 1. The van der Waals surface area contributed by atoms with E-state index in [1.54, 1.807) is 30.6 Å². The number of pyridine rings is 1. The molecule has 0 atom stereocenters. The van der Waals surface area contributed by atoms with E-state index in [0.29, 0.717) is 41.0 Å². The summed E-state index contributed by atoms with van der Waals surface area (Å²) in [5.41, 5.74) is 4.08. The summed E-state index contributed by atoms with van der Waals surface area (Å²) in [5, 5.41) is 5.05. The van der Waals surface area contributed by atoms with Crippen molar-refractivity contribution in [2.75, 3.05) is 6.61 Å². The molecule has 0 bridgehead atoms. The Morgan fingerprint density at radius 3 is 2.88 bits per heavy atom. The zero-order valence-electron chi connectivity index (χ0n) is 13.1. The average Bonchev–Trinajstić information content (AvgIpc) is 2.59. The Labute approximate surface area is 150 Å². The van der Waals surface area contributed by atoms with Crippen LogP contribution in [0.15, 0.2) is 47.8 Å². The summed E-state index contributed by atoms with van der Waals surface area (Å²) < 4.78 is 5.52. The van der Waals surface area contributed by atoms with Crippen LogP contribution in [0.4, 0.5) is 0 Å². The second-order valence-electron chi connectivity index (χ2n) is 5.00. The first kappa shape index (κ1) is 18.2. The Bertz CT molecular complexity index is 721. The van der Waals surface area contributed by atoms with Crippen molar-refractivity contribution in [2.45, 2.75) is 19.8 Å². The number of hydrazone groups is 1. The second-order valence-corrected chi connectivity index (χ2v) is 5.84. The van der Waals surface area contributed by atoms with E-state index in [-0.39, 0.29) is 5.91 Å². The van der Waals surface area contributed by atoms with Gasteiger partial charge in [0.05, 0.1) is 17.3 Å². The van der Waals surface area contributed by atoms with Gasteiger partial charge < -0.3 is 4.74 Å². The van der Waals surface area contributed by atoms with Gasteiger partial charge in [-0.05, 0) is 37.6 Å². The molecule has 0 spiro atoms. The van der Waals surface area contributed by atoms with Gasteiger partial charge in [-0.3, -0.25) is 9.78 Å². The molecule has 7 heteroatoms. The Hall–Kier alpha value is -2.11. The fourth-order valence-electron chi connectivity index (χ4n) is 1.85. The maximum Gasteiger partial charge on any atom is 0.240 e. The molecule has 126 valence electrons. The van der Waals surface area contributed by atoms with Crippen LogP contribution in [0, 0.1) is 0 Å². The number of aromatic nitrogens is 1. The molecule has 0 unspecified atom stereocenters. The lowest BCUT2D eigenvalue weighted by atomic mass is 10.2. The van der Waals surface area contributed by atoms with Gasteiger partial charge in [0.1, 0.15) is 5.75 Å². The highest BCUT2D eigenvalue weighted by atomic mass is 35.5. The second kappa shape index (κ2) is 9.25. The Kier molecular flexibility index (Phi) is 7.03. The molecule has 5 nitrogen and oxygen atoms in total. The van der Waals surface area contributed by atoms with Crippen molar-refractivity contribution < 1.29 is 9.53 Å². The highest BCUT2D eigenvalue weighted by Crippen LogP contribution is 2.27. The summed E-state index contributed by atoms with van der Waals surface area (Å²) in [6, 6.07) is 8.70. The largest absolute Gasteiger partial charge is 0.492 e. The molecular weight excluding hydrogens is 349 g/mol. The van der Waals surface area contributed by atoms with E-state index in [2.05, 4.69) is 15.5 Å². The predicted molar refractivity (Wildman–Crippen MR) is 95.8 cm³/mol. The number of benzene rings is 1. The third kappa shape index (κ3) is 5.83. The van der Waals surface area contributed by atoms with Gasteiger partial charge in [0.2, 0.25) is 5.91 Å². The van der Waals surface area contributed by atoms with Gasteiger partial charge in [-0.25, -0.2) is 5.43 Å². The van der Waals surface area contributed by atoms with E-state index >= 15 is 0 Å². The van der Waals surface area contributed by atoms with Gasteiger partial charge >= 0.3 is 0 Å². The van der Waals surface area contributed by atoms with E-state index in [9.17, 15) is 4.79 Å². The number of ether oxygens (including phenoxy) is 1. The van der Waals surface area contributed by atoms with Crippen LogP contribution in [0.2, 0.25) is 10.0 Å². The van der Waals surface area contributed by atoms with Gasteiger partial charge in [-0.15, -0.1) is 0 Å². The molecule has 1 amide bonds. The van der Waals surface area contributed by atoms with Crippen LogP contribution in [-0.4, -0.2) is 23.2 Å². The number of rotatable bonds is 7. The van der Waals surface area contributed by atoms with E-state index in [1.807, 2.05) is 19.1 Å². The molecule has 1 aromatic heterocycles. The molecular formula is C17H17Cl2N3O2. The van der Waals surface area contributed by atoms with Crippen molar-refractivity contribution in [3.05, 3.63) is 58.3 Å². The minimum Gasteiger partial charge on any atom is -0.492 e. The Balaban J connectivity index is 1.72. The molecule has 0 saturated heterocycles. The minimum absolute atomic E-state index is 0.177. The van der Waals surface area contributed by atoms with E-state index in [0.717, 1.165) is 5.56 Å². The predicted octanol–water partition coefficient (Wildman–Crippen LogP) is 4.09. The first-order chi connectivity index (χ1) is 11.6. The van der Waals surface area contributed by atoms with E-state index < -0.39 is 0 Å².